The number of hydrogen-bond donors (Lipinski definition) is 2. The molecule has 0 aliphatic heterocycles. The highest BCUT2D eigenvalue weighted by atomic mass is 32.1. The van der Waals surface area contributed by atoms with Gasteiger partial charge in [0.25, 0.3) is 11.1 Å². The van der Waals surface area contributed by atoms with Crippen molar-refractivity contribution < 1.29 is 9.13 Å². The minimum atomic E-state index is -0.591. The fourth-order valence-electron chi connectivity index (χ4n) is 4.47. The normalized spacial score (nSPS) is 13.6. The lowest BCUT2D eigenvalue weighted by Crippen LogP contribution is -2.21. The zero-order chi connectivity index (χ0) is 26.0. The van der Waals surface area contributed by atoms with Crippen LogP contribution in [0.15, 0.2) is 34.0 Å². The molecule has 3 aromatic heterocycles. The fourth-order valence-corrected chi connectivity index (χ4v) is 5.42. The molecule has 3 N–H and O–H groups in total. The van der Waals surface area contributed by atoms with Gasteiger partial charge < -0.3 is 10.5 Å². The molecule has 0 saturated heterocycles. The minimum Gasteiger partial charge on any atom is -0.494 e. The van der Waals surface area contributed by atoms with E-state index in [0.717, 1.165) is 41.1 Å². The number of fused-ring (bicyclic) bond motifs is 2. The van der Waals surface area contributed by atoms with Crippen molar-refractivity contribution in [2.24, 2.45) is 5.73 Å². The van der Waals surface area contributed by atoms with Gasteiger partial charge in [0.2, 0.25) is 0 Å². The summed E-state index contributed by atoms with van der Waals surface area (Å²) in [7, 11) is 1.48. The summed E-state index contributed by atoms with van der Waals surface area (Å²) in [5, 5.41) is 0.0794. The fraction of sp³-hybridized carbons (Fsp3) is 0.407. The Hall–Kier alpha value is -2.97. The van der Waals surface area contributed by atoms with E-state index in [1.54, 1.807) is 0 Å². The van der Waals surface area contributed by atoms with Gasteiger partial charge in [0.05, 0.1) is 22.9 Å². The zero-order valence-electron chi connectivity index (χ0n) is 21.4. The van der Waals surface area contributed by atoms with E-state index in [1.807, 2.05) is 59.7 Å². The third-order valence-electron chi connectivity index (χ3n) is 6.04. The molecule has 1 atom stereocenters. The van der Waals surface area contributed by atoms with E-state index >= 15 is 4.39 Å². The first-order chi connectivity index (χ1) is 16.8. The van der Waals surface area contributed by atoms with Crippen molar-refractivity contribution in [2.75, 3.05) is 7.11 Å². The first-order valence-electron chi connectivity index (χ1n) is 12.2. The van der Waals surface area contributed by atoms with Gasteiger partial charge in [0.1, 0.15) is 5.39 Å². The van der Waals surface area contributed by atoms with E-state index < -0.39 is 16.9 Å². The molecule has 1 aromatic carbocycles. The summed E-state index contributed by atoms with van der Waals surface area (Å²) >= 11 is 1.16. The Balaban J connectivity index is 0.000000815. The monoisotopic (exact) mass is 499 g/mol. The van der Waals surface area contributed by atoms with Gasteiger partial charge in [-0.15, -0.1) is 0 Å². The molecular weight excluding hydrogens is 465 g/mol. The van der Waals surface area contributed by atoms with Gasteiger partial charge in [-0.2, -0.15) is 0 Å². The molecule has 8 heteroatoms. The van der Waals surface area contributed by atoms with Crippen LogP contribution in [-0.4, -0.2) is 15.9 Å². The van der Waals surface area contributed by atoms with Crippen LogP contribution < -0.4 is 21.6 Å². The van der Waals surface area contributed by atoms with Gasteiger partial charge in [-0.25, -0.2) is 4.39 Å². The second-order valence-corrected chi connectivity index (χ2v) is 9.01. The van der Waals surface area contributed by atoms with Crippen molar-refractivity contribution in [3.63, 3.8) is 0 Å². The number of methoxy groups -OCH3 is 1. The molecule has 0 amide bonds. The standard InChI is InChI=1S/C23H22FN3O3S.2C2H6/c1-10-8-13(6-7-14(10)11(2)25)16-15(24)9-27-19(20(16)30-3)17(12-4-5-12)21-18(23(27)29)22(28)26-31-21;2*1-2/h6-9,11-12H,4-5,25H2,1-3H3,(H,26,28);2*1-2H3. The van der Waals surface area contributed by atoms with E-state index in [9.17, 15) is 9.59 Å². The van der Waals surface area contributed by atoms with Crippen LogP contribution in [-0.2, 0) is 0 Å². The molecule has 5 rings (SSSR count). The summed E-state index contributed by atoms with van der Waals surface area (Å²) in [6.45, 7) is 11.8. The Morgan fingerprint density at radius 3 is 2.40 bits per heavy atom. The molecule has 35 heavy (non-hydrogen) atoms. The average Bonchev–Trinajstić information content (AvgIpc) is 3.62. The van der Waals surface area contributed by atoms with Crippen LogP contribution in [0.2, 0.25) is 0 Å². The largest absolute Gasteiger partial charge is 0.494 e. The van der Waals surface area contributed by atoms with Gasteiger partial charge in [0, 0.05) is 17.8 Å². The van der Waals surface area contributed by atoms with Crippen molar-refractivity contribution in [2.45, 2.75) is 66.3 Å². The van der Waals surface area contributed by atoms with Crippen LogP contribution in [0.3, 0.4) is 0 Å². The van der Waals surface area contributed by atoms with Gasteiger partial charge in [-0.3, -0.25) is 18.4 Å². The number of nitrogens with one attached hydrogen (secondary N) is 1. The Morgan fingerprint density at radius 2 is 1.86 bits per heavy atom. The molecule has 0 bridgehead atoms. The molecule has 0 spiro atoms. The molecule has 0 radical (unpaired) electrons. The summed E-state index contributed by atoms with van der Waals surface area (Å²) in [5.74, 6) is -0.0826. The highest BCUT2D eigenvalue weighted by molar-refractivity contribution is 7.13. The van der Waals surface area contributed by atoms with E-state index in [0.29, 0.717) is 27.1 Å². The number of aromatic nitrogens is 2. The number of pyridine rings is 2. The topological polar surface area (TPSA) is 89.6 Å². The van der Waals surface area contributed by atoms with E-state index in [1.165, 1.54) is 17.7 Å². The lowest BCUT2D eigenvalue weighted by molar-refractivity contribution is 0.415. The van der Waals surface area contributed by atoms with Crippen LogP contribution in [0.25, 0.3) is 26.7 Å². The van der Waals surface area contributed by atoms with Crippen molar-refractivity contribution in [3.05, 3.63) is 67.6 Å². The Morgan fingerprint density at radius 1 is 1.20 bits per heavy atom. The lowest BCUT2D eigenvalue weighted by atomic mass is 9.95. The van der Waals surface area contributed by atoms with Crippen LogP contribution in [0.5, 0.6) is 5.75 Å². The number of nitrogens with zero attached hydrogens (tertiary/aromatic N) is 1. The minimum absolute atomic E-state index is 0.0794. The first kappa shape index (κ1) is 26.6. The van der Waals surface area contributed by atoms with Gasteiger partial charge in [0.15, 0.2) is 11.6 Å². The van der Waals surface area contributed by atoms with E-state index in [-0.39, 0.29) is 17.3 Å². The lowest BCUT2D eigenvalue weighted by Gasteiger charge is -2.18. The maximum absolute atomic E-state index is 15.5. The maximum atomic E-state index is 15.5. The number of rotatable bonds is 4. The summed E-state index contributed by atoms with van der Waals surface area (Å²) in [6, 6.07) is 5.47. The molecule has 1 aliphatic carbocycles. The molecular formula is C27H34FN3O3S. The number of H-pyrrole nitrogens is 1. The second kappa shape index (κ2) is 10.7. The van der Waals surface area contributed by atoms with Gasteiger partial charge in [-0.05, 0) is 49.3 Å². The van der Waals surface area contributed by atoms with Crippen LogP contribution in [0.1, 0.15) is 76.1 Å². The van der Waals surface area contributed by atoms with Crippen molar-refractivity contribution >= 4 is 27.1 Å². The molecule has 1 fully saturated rings. The summed E-state index contributed by atoms with van der Waals surface area (Å²) < 4.78 is 25.7. The van der Waals surface area contributed by atoms with Crippen LogP contribution >= 0.6 is 11.5 Å². The SMILES string of the molecule is CC.CC.COc1c(-c2ccc(C(C)N)c(C)c2)c(F)cn2c(=O)c3c(=O)[nH]sc3c(C3CC3)c12. The predicted molar refractivity (Wildman–Crippen MR) is 144 cm³/mol. The quantitative estimate of drug-likeness (QED) is 0.346. The van der Waals surface area contributed by atoms with E-state index in [4.69, 9.17) is 10.5 Å². The Labute approximate surface area is 208 Å². The Kier molecular flexibility index (Phi) is 8.18. The summed E-state index contributed by atoms with van der Waals surface area (Å²) in [4.78, 5) is 25.4. The second-order valence-electron chi connectivity index (χ2n) is 8.19. The van der Waals surface area contributed by atoms with Crippen LogP contribution in [0.4, 0.5) is 4.39 Å². The summed E-state index contributed by atoms with van der Waals surface area (Å²) in [5.41, 5.74) is 9.34. The number of nitrogens with two attached hydrogens (primary N) is 1. The van der Waals surface area contributed by atoms with E-state index in [2.05, 4.69) is 4.37 Å². The molecule has 6 nitrogen and oxygen atoms in total. The first-order valence-corrected chi connectivity index (χ1v) is 13.0. The maximum Gasteiger partial charge on any atom is 0.271 e. The smallest absolute Gasteiger partial charge is 0.271 e. The Bertz CT molecular complexity index is 1480. The molecule has 1 saturated carbocycles. The number of hydrogen-bond acceptors (Lipinski definition) is 5. The highest BCUT2D eigenvalue weighted by Crippen LogP contribution is 2.49. The van der Waals surface area contributed by atoms with Crippen LogP contribution in [0, 0.1) is 12.7 Å². The number of aryl methyl sites for hydroxylation is 1. The van der Waals surface area contributed by atoms with Crippen molar-refractivity contribution in [3.8, 4) is 16.9 Å². The zero-order valence-corrected chi connectivity index (χ0v) is 22.2. The van der Waals surface area contributed by atoms with Gasteiger partial charge in [-0.1, -0.05) is 57.4 Å². The predicted octanol–water partition coefficient (Wildman–Crippen LogP) is 6.28. The molecule has 3 heterocycles. The number of aromatic amines is 1. The van der Waals surface area contributed by atoms with Crippen molar-refractivity contribution in [1.29, 1.82) is 0 Å². The highest BCUT2D eigenvalue weighted by Gasteiger charge is 2.33. The molecule has 4 aromatic rings. The van der Waals surface area contributed by atoms with Crippen molar-refractivity contribution in [1.82, 2.24) is 8.77 Å². The number of benzene rings is 1. The van der Waals surface area contributed by atoms with Gasteiger partial charge >= 0.3 is 0 Å². The number of halogens is 1. The molecule has 1 aliphatic rings. The number of ether oxygens (including phenoxy) is 1. The average molecular weight is 500 g/mol. The molecule has 188 valence electrons. The third kappa shape index (κ3) is 4.52. The summed E-state index contributed by atoms with van der Waals surface area (Å²) in [6.07, 6.45) is 3.08. The third-order valence-corrected chi connectivity index (χ3v) is 6.95. The molecule has 1 unspecified atom stereocenters.